The van der Waals surface area contributed by atoms with E-state index in [9.17, 15) is 4.79 Å². The summed E-state index contributed by atoms with van der Waals surface area (Å²) in [6.07, 6.45) is 1.01. The second-order valence-corrected chi connectivity index (χ2v) is 5.13. The van der Waals surface area contributed by atoms with Crippen LogP contribution in [0.25, 0.3) is 0 Å². The van der Waals surface area contributed by atoms with Gasteiger partial charge in [0.05, 0.1) is 5.41 Å². The Balaban J connectivity index is 4.23. The first-order chi connectivity index (χ1) is 7.35. The van der Waals surface area contributed by atoms with Crippen molar-refractivity contribution in [1.82, 2.24) is 9.80 Å². The van der Waals surface area contributed by atoms with Crippen molar-refractivity contribution in [2.45, 2.75) is 27.2 Å². The Hall–Kier alpha value is -0.610. The number of rotatable bonds is 7. The predicted octanol–water partition coefficient (Wildman–Crippen LogP) is 0.772. The van der Waals surface area contributed by atoms with Gasteiger partial charge >= 0.3 is 0 Å². The molecule has 96 valence electrons. The molecule has 0 aliphatic rings. The molecule has 0 aromatic carbocycles. The number of hydrogen-bond acceptors (Lipinski definition) is 3. The highest BCUT2D eigenvalue weighted by Gasteiger charge is 2.29. The van der Waals surface area contributed by atoms with Crippen molar-refractivity contribution in [2.75, 3.05) is 40.3 Å². The van der Waals surface area contributed by atoms with Crippen LogP contribution in [0, 0.1) is 5.41 Å². The van der Waals surface area contributed by atoms with Gasteiger partial charge in [0.1, 0.15) is 0 Å². The van der Waals surface area contributed by atoms with Gasteiger partial charge in [-0.2, -0.15) is 0 Å². The van der Waals surface area contributed by atoms with Crippen molar-refractivity contribution in [3.8, 4) is 0 Å². The van der Waals surface area contributed by atoms with E-state index in [2.05, 4.69) is 4.90 Å². The Bertz CT molecular complexity index is 214. The monoisotopic (exact) mass is 229 g/mol. The number of nitrogens with zero attached hydrogens (tertiary/aromatic N) is 2. The van der Waals surface area contributed by atoms with Crippen LogP contribution in [0.15, 0.2) is 0 Å². The maximum absolute atomic E-state index is 12.1. The van der Waals surface area contributed by atoms with Gasteiger partial charge in [0.25, 0.3) is 0 Å². The zero-order valence-corrected chi connectivity index (χ0v) is 11.4. The molecule has 1 amide bonds. The fraction of sp³-hybridized carbons (Fsp3) is 0.917. The average molecular weight is 229 g/mol. The molecule has 2 N–H and O–H groups in total. The van der Waals surface area contributed by atoms with E-state index in [0.29, 0.717) is 6.54 Å². The van der Waals surface area contributed by atoms with Crippen molar-refractivity contribution in [2.24, 2.45) is 11.1 Å². The molecule has 0 aliphatic carbocycles. The third-order valence-corrected chi connectivity index (χ3v) is 2.79. The number of nitrogens with two attached hydrogens (primary N) is 1. The van der Waals surface area contributed by atoms with Crippen molar-refractivity contribution in [3.05, 3.63) is 0 Å². The number of carbonyl (C=O) groups is 1. The van der Waals surface area contributed by atoms with E-state index in [1.165, 1.54) is 0 Å². The molecular formula is C12H27N3O. The van der Waals surface area contributed by atoms with Crippen LogP contribution in [-0.4, -0.2) is 56.0 Å². The predicted molar refractivity (Wildman–Crippen MR) is 68.3 cm³/mol. The van der Waals surface area contributed by atoms with Crippen molar-refractivity contribution < 1.29 is 4.79 Å². The van der Waals surface area contributed by atoms with Crippen LogP contribution < -0.4 is 5.73 Å². The summed E-state index contributed by atoms with van der Waals surface area (Å²) in [7, 11) is 4.09. The summed E-state index contributed by atoms with van der Waals surface area (Å²) in [5.41, 5.74) is 5.18. The smallest absolute Gasteiger partial charge is 0.229 e. The molecule has 0 fully saturated rings. The number of amides is 1. The van der Waals surface area contributed by atoms with Gasteiger partial charge in [-0.05, 0) is 47.8 Å². The van der Waals surface area contributed by atoms with Gasteiger partial charge < -0.3 is 15.5 Å². The summed E-state index contributed by atoms with van der Waals surface area (Å²) in [5, 5.41) is 0. The Labute approximate surface area is 99.8 Å². The second-order valence-electron chi connectivity index (χ2n) is 5.13. The van der Waals surface area contributed by atoms with E-state index in [1.54, 1.807) is 0 Å². The lowest BCUT2D eigenvalue weighted by Gasteiger charge is -2.30. The van der Waals surface area contributed by atoms with Crippen LogP contribution in [0.4, 0.5) is 0 Å². The normalized spacial score (nSPS) is 11.9. The highest BCUT2D eigenvalue weighted by Crippen LogP contribution is 2.17. The molecule has 0 aliphatic heterocycles. The number of hydrogen-bond donors (Lipinski definition) is 1. The van der Waals surface area contributed by atoms with Crippen LogP contribution in [-0.2, 0) is 4.79 Å². The highest BCUT2D eigenvalue weighted by atomic mass is 16.2. The van der Waals surface area contributed by atoms with Crippen LogP contribution in [0.1, 0.15) is 27.2 Å². The Morgan fingerprint density at radius 3 is 2.19 bits per heavy atom. The van der Waals surface area contributed by atoms with E-state index in [1.807, 2.05) is 39.8 Å². The van der Waals surface area contributed by atoms with Crippen molar-refractivity contribution >= 4 is 5.91 Å². The molecule has 16 heavy (non-hydrogen) atoms. The van der Waals surface area contributed by atoms with E-state index < -0.39 is 5.41 Å². The van der Waals surface area contributed by atoms with Gasteiger partial charge in [0.15, 0.2) is 0 Å². The first-order valence-corrected chi connectivity index (χ1v) is 5.99. The quantitative estimate of drug-likeness (QED) is 0.701. The van der Waals surface area contributed by atoms with Crippen molar-refractivity contribution in [1.29, 1.82) is 0 Å². The summed E-state index contributed by atoms with van der Waals surface area (Å²) in [6, 6.07) is 0. The molecule has 0 atom stereocenters. The van der Waals surface area contributed by atoms with Gasteiger partial charge in [-0.15, -0.1) is 0 Å². The van der Waals surface area contributed by atoms with Gasteiger partial charge in [0.2, 0.25) is 5.91 Å². The van der Waals surface area contributed by atoms with Crippen LogP contribution in [0.3, 0.4) is 0 Å². The van der Waals surface area contributed by atoms with Crippen LogP contribution in [0.5, 0.6) is 0 Å². The third kappa shape index (κ3) is 4.94. The summed E-state index contributed by atoms with van der Waals surface area (Å²) in [4.78, 5) is 16.2. The van der Waals surface area contributed by atoms with Gasteiger partial charge in [-0.1, -0.05) is 0 Å². The standard InChI is InChI=1S/C12H27N3O/c1-6-15(9-7-8-14(4)5)11(16)12(2,3)10-13/h6-10,13H2,1-5H3. The molecule has 0 spiro atoms. The Morgan fingerprint density at radius 1 is 1.25 bits per heavy atom. The third-order valence-electron chi connectivity index (χ3n) is 2.79. The lowest BCUT2D eigenvalue weighted by molar-refractivity contribution is -0.139. The summed E-state index contributed by atoms with van der Waals surface area (Å²) in [6.45, 7) is 8.81. The molecule has 4 heteroatoms. The Kier molecular flexibility index (Phi) is 6.60. The first kappa shape index (κ1) is 15.4. The van der Waals surface area contributed by atoms with Gasteiger partial charge in [-0.3, -0.25) is 4.79 Å². The summed E-state index contributed by atoms with van der Waals surface area (Å²) < 4.78 is 0. The SMILES string of the molecule is CCN(CCCN(C)C)C(=O)C(C)(C)CN. The maximum atomic E-state index is 12.1. The second kappa shape index (κ2) is 6.86. The maximum Gasteiger partial charge on any atom is 0.229 e. The van der Waals surface area contributed by atoms with Gasteiger partial charge in [-0.25, -0.2) is 0 Å². The van der Waals surface area contributed by atoms with E-state index in [4.69, 9.17) is 5.73 Å². The lowest BCUT2D eigenvalue weighted by Crippen LogP contribution is -2.45. The molecule has 0 saturated heterocycles. The first-order valence-electron chi connectivity index (χ1n) is 5.99. The number of carbonyl (C=O) groups excluding carboxylic acids is 1. The summed E-state index contributed by atoms with van der Waals surface area (Å²) >= 11 is 0. The fourth-order valence-electron chi connectivity index (χ4n) is 1.50. The largest absolute Gasteiger partial charge is 0.342 e. The highest BCUT2D eigenvalue weighted by molar-refractivity contribution is 5.82. The molecule has 4 nitrogen and oxygen atoms in total. The molecule has 0 saturated carbocycles. The average Bonchev–Trinajstić information content (AvgIpc) is 2.23. The minimum atomic E-state index is -0.436. The molecule has 0 rings (SSSR count). The molecule has 0 bridgehead atoms. The van der Waals surface area contributed by atoms with E-state index >= 15 is 0 Å². The molecule has 0 aromatic rings. The zero-order chi connectivity index (χ0) is 12.8. The lowest BCUT2D eigenvalue weighted by atomic mass is 9.92. The Morgan fingerprint density at radius 2 is 1.81 bits per heavy atom. The molecule has 0 unspecified atom stereocenters. The minimum absolute atomic E-state index is 0.163. The van der Waals surface area contributed by atoms with Crippen LogP contribution >= 0.6 is 0 Å². The molecule has 0 aromatic heterocycles. The molecule has 0 radical (unpaired) electrons. The molecule has 0 heterocycles. The van der Waals surface area contributed by atoms with Gasteiger partial charge in [0, 0.05) is 19.6 Å². The summed E-state index contributed by atoms with van der Waals surface area (Å²) in [5.74, 6) is 0.163. The zero-order valence-electron chi connectivity index (χ0n) is 11.4. The minimum Gasteiger partial charge on any atom is -0.342 e. The van der Waals surface area contributed by atoms with E-state index in [0.717, 1.165) is 26.1 Å². The molecular weight excluding hydrogens is 202 g/mol. The van der Waals surface area contributed by atoms with E-state index in [-0.39, 0.29) is 5.91 Å². The van der Waals surface area contributed by atoms with Crippen LogP contribution in [0.2, 0.25) is 0 Å². The van der Waals surface area contributed by atoms with Crippen molar-refractivity contribution in [3.63, 3.8) is 0 Å². The topological polar surface area (TPSA) is 49.6 Å². The fourth-order valence-corrected chi connectivity index (χ4v) is 1.50.